The molecule has 0 amide bonds. The minimum Gasteiger partial charge on any atom is -0.387 e. The molecule has 0 saturated carbocycles. The lowest BCUT2D eigenvalue weighted by atomic mass is 10.2. The lowest BCUT2D eigenvalue weighted by Crippen LogP contribution is -2.44. The van der Waals surface area contributed by atoms with Crippen molar-refractivity contribution in [3.8, 4) is 0 Å². The van der Waals surface area contributed by atoms with Gasteiger partial charge in [0.1, 0.15) is 11.3 Å². The standard InChI is InChI=1S/C24H32N8O/c1-16-20(31-12-10-30(3)11-13-31)6-7-21(26-16)28-24-25-15-18-14-19(17(2)33)27-23(22(18)29-24)32-8-4-5-9-32/h6-7,14-15,17,33H,4-5,8-13H2,1-3H3,(H,25,26,28,29)/t17-/m1/s1. The molecule has 174 valence electrons. The van der Waals surface area contributed by atoms with E-state index >= 15 is 0 Å². The molecule has 2 aliphatic rings. The van der Waals surface area contributed by atoms with Gasteiger partial charge in [-0.25, -0.2) is 19.9 Å². The number of aliphatic hydroxyl groups is 1. The van der Waals surface area contributed by atoms with Crippen LogP contribution in [-0.2, 0) is 0 Å². The number of likely N-dealkylation sites (N-methyl/N-ethyl adjacent to an activating group) is 1. The molecule has 9 nitrogen and oxygen atoms in total. The lowest BCUT2D eigenvalue weighted by Gasteiger charge is -2.34. The van der Waals surface area contributed by atoms with Crippen molar-refractivity contribution >= 4 is 34.2 Å². The zero-order valence-corrected chi connectivity index (χ0v) is 19.6. The summed E-state index contributed by atoms with van der Waals surface area (Å²) >= 11 is 0. The van der Waals surface area contributed by atoms with Gasteiger partial charge in [-0.15, -0.1) is 0 Å². The van der Waals surface area contributed by atoms with Crippen molar-refractivity contribution in [2.75, 3.05) is 61.4 Å². The van der Waals surface area contributed by atoms with Crippen LogP contribution in [0.2, 0.25) is 0 Å². The Morgan fingerprint density at radius 2 is 1.73 bits per heavy atom. The Hall–Kier alpha value is -3.04. The first-order valence-electron chi connectivity index (χ1n) is 11.8. The molecule has 0 bridgehead atoms. The molecule has 0 aliphatic carbocycles. The first-order valence-corrected chi connectivity index (χ1v) is 11.8. The zero-order chi connectivity index (χ0) is 22.9. The van der Waals surface area contributed by atoms with E-state index in [9.17, 15) is 5.11 Å². The molecule has 5 heterocycles. The molecule has 1 atom stereocenters. The van der Waals surface area contributed by atoms with Gasteiger partial charge in [-0.05, 0) is 51.9 Å². The summed E-state index contributed by atoms with van der Waals surface area (Å²) in [7, 11) is 2.16. The second-order valence-electron chi connectivity index (χ2n) is 9.09. The number of pyridine rings is 2. The van der Waals surface area contributed by atoms with E-state index < -0.39 is 6.10 Å². The molecule has 0 unspecified atom stereocenters. The molecule has 3 aromatic heterocycles. The van der Waals surface area contributed by atoms with Gasteiger partial charge in [0.15, 0.2) is 5.82 Å². The Kier molecular flexibility index (Phi) is 5.99. The van der Waals surface area contributed by atoms with Crippen LogP contribution in [0.25, 0.3) is 10.9 Å². The number of hydrogen-bond donors (Lipinski definition) is 2. The van der Waals surface area contributed by atoms with E-state index in [1.165, 1.54) is 5.69 Å². The molecule has 9 heteroatoms. The number of hydrogen-bond acceptors (Lipinski definition) is 9. The molecule has 0 radical (unpaired) electrons. The maximum absolute atomic E-state index is 10.1. The van der Waals surface area contributed by atoms with E-state index in [1.54, 1.807) is 13.1 Å². The van der Waals surface area contributed by atoms with Crippen LogP contribution in [0.4, 0.5) is 23.3 Å². The van der Waals surface area contributed by atoms with E-state index in [4.69, 9.17) is 15.0 Å². The Balaban J connectivity index is 1.42. The Morgan fingerprint density at radius 3 is 2.42 bits per heavy atom. The first-order chi connectivity index (χ1) is 16.0. The fraction of sp³-hybridized carbons (Fsp3) is 0.500. The average molecular weight is 449 g/mol. The van der Waals surface area contributed by atoms with Gasteiger partial charge in [0, 0.05) is 50.9 Å². The highest BCUT2D eigenvalue weighted by Gasteiger charge is 2.21. The molecule has 0 aromatic carbocycles. The maximum Gasteiger partial charge on any atom is 0.229 e. The van der Waals surface area contributed by atoms with E-state index in [2.05, 4.69) is 38.1 Å². The largest absolute Gasteiger partial charge is 0.387 e. The van der Waals surface area contributed by atoms with Crippen molar-refractivity contribution in [3.63, 3.8) is 0 Å². The highest BCUT2D eigenvalue weighted by Crippen LogP contribution is 2.30. The molecule has 33 heavy (non-hydrogen) atoms. The average Bonchev–Trinajstić information content (AvgIpc) is 3.34. The second kappa shape index (κ2) is 9.07. The molecular formula is C24H32N8O. The van der Waals surface area contributed by atoms with Crippen LogP contribution in [0, 0.1) is 6.92 Å². The summed E-state index contributed by atoms with van der Waals surface area (Å²) in [5, 5.41) is 14.3. The SMILES string of the molecule is Cc1nc(Nc2ncc3cc([C@@H](C)O)nc(N4CCCC4)c3n2)ccc1N1CCN(C)CC1. The maximum atomic E-state index is 10.1. The van der Waals surface area contributed by atoms with Crippen molar-refractivity contribution in [2.24, 2.45) is 0 Å². The number of aliphatic hydroxyl groups excluding tert-OH is 1. The zero-order valence-electron chi connectivity index (χ0n) is 19.6. The molecule has 2 N–H and O–H groups in total. The lowest BCUT2D eigenvalue weighted by molar-refractivity contribution is 0.194. The minimum absolute atomic E-state index is 0.494. The predicted molar refractivity (Wildman–Crippen MR) is 131 cm³/mol. The number of aromatic nitrogens is 4. The third-order valence-electron chi connectivity index (χ3n) is 6.54. The summed E-state index contributed by atoms with van der Waals surface area (Å²) in [5.41, 5.74) is 3.61. The van der Waals surface area contributed by atoms with Gasteiger partial charge in [0.05, 0.1) is 23.2 Å². The number of nitrogens with one attached hydrogen (secondary N) is 1. The summed E-state index contributed by atoms with van der Waals surface area (Å²) in [4.78, 5) is 25.8. The minimum atomic E-state index is -0.639. The fourth-order valence-corrected chi connectivity index (χ4v) is 4.59. The van der Waals surface area contributed by atoms with Crippen molar-refractivity contribution in [2.45, 2.75) is 32.8 Å². The monoisotopic (exact) mass is 448 g/mol. The summed E-state index contributed by atoms with van der Waals surface area (Å²) in [5.74, 6) is 2.04. The topological polar surface area (TPSA) is 93.5 Å². The number of anilines is 4. The van der Waals surface area contributed by atoms with E-state index in [1.807, 2.05) is 19.1 Å². The molecule has 2 aliphatic heterocycles. The Morgan fingerprint density at radius 1 is 0.970 bits per heavy atom. The molecular weight excluding hydrogens is 416 g/mol. The van der Waals surface area contributed by atoms with Crippen molar-refractivity contribution < 1.29 is 5.11 Å². The first kappa shape index (κ1) is 21.8. The van der Waals surface area contributed by atoms with Gasteiger partial charge < -0.3 is 25.1 Å². The summed E-state index contributed by atoms with van der Waals surface area (Å²) < 4.78 is 0. The van der Waals surface area contributed by atoms with Gasteiger partial charge in [-0.1, -0.05) is 0 Å². The molecule has 3 aromatic rings. The van der Waals surface area contributed by atoms with Gasteiger partial charge in [-0.3, -0.25) is 0 Å². The van der Waals surface area contributed by atoms with E-state index in [-0.39, 0.29) is 0 Å². The number of rotatable bonds is 5. The number of aryl methyl sites for hydroxylation is 1. The van der Waals surface area contributed by atoms with Crippen molar-refractivity contribution in [1.29, 1.82) is 0 Å². The number of nitrogens with zero attached hydrogens (tertiary/aromatic N) is 7. The normalized spacial score (nSPS) is 18.2. The Bertz CT molecular complexity index is 1140. The summed E-state index contributed by atoms with van der Waals surface area (Å²) in [6, 6.07) is 5.99. The fourth-order valence-electron chi connectivity index (χ4n) is 4.59. The summed E-state index contributed by atoms with van der Waals surface area (Å²) in [6.07, 6.45) is 3.44. The van der Waals surface area contributed by atoms with Crippen LogP contribution in [0.1, 0.15) is 37.3 Å². The van der Waals surface area contributed by atoms with Crippen molar-refractivity contribution in [3.05, 3.63) is 35.8 Å². The highest BCUT2D eigenvalue weighted by molar-refractivity contribution is 5.89. The van der Waals surface area contributed by atoms with Gasteiger partial charge in [0.2, 0.25) is 5.95 Å². The molecule has 2 saturated heterocycles. The van der Waals surface area contributed by atoms with E-state index in [0.717, 1.165) is 80.3 Å². The van der Waals surface area contributed by atoms with E-state index in [0.29, 0.717) is 11.6 Å². The smallest absolute Gasteiger partial charge is 0.229 e. The predicted octanol–water partition coefficient (Wildman–Crippen LogP) is 2.88. The highest BCUT2D eigenvalue weighted by atomic mass is 16.3. The van der Waals surface area contributed by atoms with Crippen LogP contribution < -0.4 is 15.1 Å². The molecule has 0 spiro atoms. The molecule has 5 rings (SSSR count). The van der Waals surface area contributed by atoms with Crippen LogP contribution in [0.15, 0.2) is 24.4 Å². The van der Waals surface area contributed by atoms with Crippen LogP contribution in [-0.4, -0.2) is 76.3 Å². The Labute approximate surface area is 194 Å². The third-order valence-corrected chi connectivity index (χ3v) is 6.54. The number of piperazine rings is 1. The van der Waals surface area contributed by atoms with Gasteiger partial charge in [-0.2, -0.15) is 0 Å². The number of fused-ring (bicyclic) bond motifs is 1. The quantitative estimate of drug-likeness (QED) is 0.611. The molecule has 2 fully saturated rings. The van der Waals surface area contributed by atoms with Crippen LogP contribution >= 0.6 is 0 Å². The van der Waals surface area contributed by atoms with Crippen LogP contribution in [0.3, 0.4) is 0 Å². The van der Waals surface area contributed by atoms with Crippen molar-refractivity contribution in [1.82, 2.24) is 24.8 Å². The summed E-state index contributed by atoms with van der Waals surface area (Å²) in [6.45, 7) is 9.84. The third kappa shape index (κ3) is 4.56. The van der Waals surface area contributed by atoms with Crippen LogP contribution in [0.5, 0.6) is 0 Å². The van der Waals surface area contributed by atoms with Gasteiger partial charge >= 0.3 is 0 Å². The van der Waals surface area contributed by atoms with Gasteiger partial charge in [0.25, 0.3) is 0 Å². The second-order valence-corrected chi connectivity index (χ2v) is 9.09.